The van der Waals surface area contributed by atoms with Crippen LogP contribution in [0.4, 0.5) is 5.69 Å². The van der Waals surface area contributed by atoms with E-state index in [1.54, 1.807) is 30.3 Å². The summed E-state index contributed by atoms with van der Waals surface area (Å²) >= 11 is 0. The van der Waals surface area contributed by atoms with Gasteiger partial charge in [0.1, 0.15) is 10.6 Å². The first-order valence-corrected chi connectivity index (χ1v) is 12.0. The van der Waals surface area contributed by atoms with Crippen molar-refractivity contribution in [3.63, 3.8) is 0 Å². The minimum Gasteiger partial charge on any atom is -0.495 e. The predicted octanol–water partition coefficient (Wildman–Crippen LogP) is 3.06. The second kappa shape index (κ2) is 10.1. The molecule has 0 spiro atoms. The Hall–Kier alpha value is -2.91. The van der Waals surface area contributed by atoms with Gasteiger partial charge in [0.2, 0.25) is 21.8 Å². The van der Waals surface area contributed by atoms with E-state index in [0.29, 0.717) is 24.1 Å². The highest BCUT2D eigenvalue weighted by molar-refractivity contribution is 7.89. The van der Waals surface area contributed by atoms with E-state index in [1.165, 1.54) is 23.5 Å². The van der Waals surface area contributed by atoms with Crippen LogP contribution in [0.2, 0.25) is 0 Å². The number of carbonyl (C=O) groups is 2. The summed E-state index contributed by atoms with van der Waals surface area (Å²) in [6.07, 6.45) is 4.29. The minimum absolute atomic E-state index is 0.0594. The summed E-state index contributed by atoms with van der Waals surface area (Å²) in [7, 11) is -2.56. The predicted molar refractivity (Wildman–Crippen MR) is 122 cm³/mol. The van der Waals surface area contributed by atoms with Crippen LogP contribution in [0.25, 0.3) is 0 Å². The highest BCUT2D eigenvalue weighted by atomic mass is 32.2. The number of hydrogen-bond acceptors (Lipinski definition) is 5. The van der Waals surface area contributed by atoms with Gasteiger partial charge in [-0.15, -0.1) is 0 Å². The molecule has 0 saturated heterocycles. The van der Waals surface area contributed by atoms with Gasteiger partial charge >= 0.3 is 0 Å². The molecule has 8 nitrogen and oxygen atoms in total. The standard InChI is InChI=1S/C23H29N3O5S/c1-16-8-13-20(31-2)21(14-16)32(29,30)26(19-6-4-3-5-7-19)15-22(27)25-18-11-9-17(10-12-18)23(24)28/h8-14,19H,3-7,15H2,1-2H3,(H2,24,28)(H,25,27). The lowest BCUT2D eigenvalue weighted by Gasteiger charge is -2.33. The Morgan fingerprint density at radius 2 is 1.75 bits per heavy atom. The van der Waals surface area contributed by atoms with Crippen LogP contribution in [0.15, 0.2) is 47.4 Å². The molecule has 9 heteroatoms. The molecule has 2 amide bonds. The maximum atomic E-state index is 13.7. The number of amides is 2. The van der Waals surface area contributed by atoms with Gasteiger partial charge in [-0.25, -0.2) is 8.42 Å². The maximum Gasteiger partial charge on any atom is 0.248 e. The normalized spacial score (nSPS) is 14.8. The van der Waals surface area contributed by atoms with Crippen LogP contribution in [0.1, 0.15) is 48.0 Å². The molecule has 1 saturated carbocycles. The summed E-state index contributed by atoms with van der Waals surface area (Å²) in [5.41, 5.74) is 6.80. The quantitative estimate of drug-likeness (QED) is 0.629. The number of ether oxygens (including phenoxy) is 1. The fourth-order valence-electron chi connectivity index (χ4n) is 3.95. The SMILES string of the molecule is COc1ccc(C)cc1S(=O)(=O)N(CC(=O)Nc1ccc(C(N)=O)cc1)C1CCCCC1. The third-order valence-corrected chi connectivity index (χ3v) is 7.56. The molecule has 172 valence electrons. The van der Waals surface area contributed by atoms with Crippen LogP contribution in [0.5, 0.6) is 5.75 Å². The molecule has 2 aromatic rings. The third-order valence-electron chi connectivity index (χ3n) is 5.64. The number of methoxy groups -OCH3 is 1. The largest absolute Gasteiger partial charge is 0.495 e. The molecule has 2 aromatic carbocycles. The van der Waals surface area contributed by atoms with Crippen molar-refractivity contribution in [1.82, 2.24) is 4.31 Å². The average Bonchev–Trinajstić information content (AvgIpc) is 2.78. The molecule has 1 aliphatic carbocycles. The first-order valence-electron chi connectivity index (χ1n) is 10.6. The highest BCUT2D eigenvalue weighted by Crippen LogP contribution is 2.32. The summed E-state index contributed by atoms with van der Waals surface area (Å²) in [5.74, 6) is -0.777. The number of nitrogens with zero attached hydrogens (tertiary/aromatic N) is 1. The molecule has 0 aliphatic heterocycles. The van der Waals surface area contributed by atoms with E-state index in [0.717, 1.165) is 24.8 Å². The number of rotatable bonds is 8. The number of primary amides is 1. The zero-order chi connectivity index (χ0) is 23.3. The molecule has 0 heterocycles. The van der Waals surface area contributed by atoms with Crippen LogP contribution in [-0.4, -0.2) is 44.2 Å². The van der Waals surface area contributed by atoms with Crippen molar-refractivity contribution in [2.24, 2.45) is 5.73 Å². The molecule has 3 N–H and O–H groups in total. The van der Waals surface area contributed by atoms with Gasteiger partial charge in [-0.3, -0.25) is 9.59 Å². The molecule has 0 aromatic heterocycles. The molecule has 1 fully saturated rings. The summed E-state index contributed by atoms with van der Waals surface area (Å²) in [6.45, 7) is 1.49. The first-order chi connectivity index (χ1) is 15.2. The van der Waals surface area contributed by atoms with Gasteiger partial charge in [0.05, 0.1) is 13.7 Å². The molecular weight excluding hydrogens is 430 g/mol. The van der Waals surface area contributed by atoms with E-state index < -0.39 is 21.8 Å². The van der Waals surface area contributed by atoms with E-state index in [9.17, 15) is 18.0 Å². The van der Waals surface area contributed by atoms with Gasteiger partial charge in [0, 0.05) is 17.3 Å². The van der Waals surface area contributed by atoms with E-state index in [2.05, 4.69) is 5.32 Å². The molecule has 0 atom stereocenters. The number of sulfonamides is 1. The van der Waals surface area contributed by atoms with Crippen molar-refractivity contribution in [1.29, 1.82) is 0 Å². The Bertz CT molecular complexity index is 1080. The Kier molecular flexibility index (Phi) is 7.52. The van der Waals surface area contributed by atoms with E-state index in [4.69, 9.17) is 10.5 Å². The molecule has 1 aliphatic rings. The van der Waals surface area contributed by atoms with Crippen LogP contribution >= 0.6 is 0 Å². The summed E-state index contributed by atoms with van der Waals surface area (Å²) in [6, 6.07) is 10.8. The fourth-order valence-corrected chi connectivity index (χ4v) is 5.83. The average molecular weight is 460 g/mol. The number of anilines is 1. The number of benzene rings is 2. The molecular formula is C23H29N3O5S. The van der Waals surface area contributed by atoms with E-state index in [-0.39, 0.29) is 23.2 Å². The molecule has 32 heavy (non-hydrogen) atoms. The van der Waals surface area contributed by atoms with Crippen molar-refractivity contribution in [2.45, 2.75) is 50.0 Å². The zero-order valence-electron chi connectivity index (χ0n) is 18.3. The van der Waals surface area contributed by atoms with Gasteiger partial charge < -0.3 is 15.8 Å². The lowest BCUT2D eigenvalue weighted by molar-refractivity contribution is -0.116. The van der Waals surface area contributed by atoms with Gasteiger partial charge in [-0.2, -0.15) is 4.31 Å². The summed E-state index contributed by atoms with van der Waals surface area (Å²) in [5, 5.41) is 2.71. The number of nitrogens with one attached hydrogen (secondary N) is 1. The van der Waals surface area contributed by atoms with Crippen molar-refractivity contribution in [3.05, 3.63) is 53.6 Å². The van der Waals surface area contributed by atoms with Crippen molar-refractivity contribution in [2.75, 3.05) is 19.0 Å². The summed E-state index contributed by atoms with van der Waals surface area (Å²) in [4.78, 5) is 24.1. The van der Waals surface area contributed by atoms with E-state index in [1.807, 2.05) is 6.92 Å². The van der Waals surface area contributed by atoms with Gasteiger partial charge in [-0.05, 0) is 61.7 Å². The Labute approximate surface area is 188 Å². The van der Waals surface area contributed by atoms with Crippen LogP contribution in [-0.2, 0) is 14.8 Å². The lowest BCUT2D eigenvalue weighted by Crippen LogP contribution is -2.45. The lowest BCUT2D eigenvalue weighted by atomic mass is 9.95. The number of carbonyl (C=O) groups excluding carboxylic acids is 2. The van der Waals surface area contributed by atoms with Gasteiger partial charge in [-0.1, -0.05) is 25.3 Å². The van der Waals surface area contributed by atoms with Crippen LogP contribution in [0, 0.1) is 6.92 Å². The molecule has 0 bridgehead atoms. The number of nitrogens with two attached hydrogens (primary N) is 1. The van der Waals surface area contributed by atoms with Crippen molar-refractivity contribution >= 4 is 27.5 Å². The number of hydrogen-bond donors (Lipinski definition) is 2. The molecule has 0 unspecified atom stereocenters. The first kappa shape index (κ1) is 23.7. The maximum absolute atomic E-state index is 13.7. The van der Waals surface area contributed by atoms with Crippen LogP contribution < -0.4 is 15.8 Å². The summed E-state index contributed by atoms with van der Waals surface area (Å²) < 4.78 is 34.0. The minimum atomic E-state index is -3.98. The zero-order valence-corrected chi connectivity index (χ0v) is 19.2. The molecule has 0 radical (unpaired) electrons. The Morgan fingerprint density at radius 1 is 1.09 bits per heavy atom. The smallest absolute Gasteiger partial charge is 0.248 e. The second-order valence-electron chi connectivity index (χ2n) is 7.99. The Balaban J connectivity index is 1.88. The highest BCUT2D eigenvalue weighted by Gasteiger charge is 2.35. The van der Waals surface area contributed by atoms with Crippen molar-refractivity contribution < 1.29 is 22.7 Å². The fraction of sp³-hybridized carbons (Fsp3) is 0.391. The topological polar surface area (TPSA) is 119 Å². The van der Waals surface area contributed by atoms with E-state index >= 15 is 0 Å². The Morgan fingerprint density at radius 3 is 2.34 bits per heavy atom. The van der Waals surface area contributed by atoms with Crippen LogP contribution in [0.3, 0.4) is 0 Å². The van der Waals surface area contributed by atoms with Crippen molar-refractivity contribution in [3.8, 4) is 5.75 Å². The van der Waals surface area contributed by atoms with Gasteiger partial charge in [0.15, 0.2) is 0 Å². The monoisotopic (exact) mass is 459 g/mol. The number of aryl methyl sites for hydroxylation is 1. The second-order valence-corrected chi connectivity index (χ2v) is 9.85. The third kappa shape index (κ3) is 5.46. The van der Waals surface area contributed by atoms with Gasteiger partial charge in [0.25, 0.3) is 0 Å². The molecule has 3 rings (SSSR count).